The van der Waals surface area contributed by atoms with Crippen LogP contribution in [-0.2, 0) is 0 Å². The first kappa shape index (κ1) is 12.3. The molecule has 1 amide bonds. The molecule has 1 aliphatic rings. The number of rotatable bonds is 3. The van der Waals surface area contributed by atoms with Gasteiger partial charge in [0, 0.05) is 11.8 Å². The molecule has 1 heterocycles. The Hall–Kier alpha value is -1.16. The largest absolute Gasteiger partial charge is 0.507 e. The second-order valence-electron chi connectivity index (χ2n) is 4.37. The van der Waals surface area contributed by atoms with E-state index in [0.29, 0.717) is 17.4 Å². The average Bonchev–Trinajstić information content (AvgIpc) is 2.78. The number of benzene rings is 1. The van der Waals surface area contributed by atoms with Gasteiger partial charge < -0.3 is 10.4 Å². The second-order valence-corrected chi connectivity index (χ2v) is 5.77. The number of phenolic OH excluding ortho intramolecular Hbond substituents is 1. The van der Waals surface area contributed by atoms with E-state index in [2.05, 4.69) is 5.32 Å². The van der Waals surface area contributed by atoms with Crippen LogP contribution in [0.25, 0.3) is 0 Å². The summed E-state index contributed by atoms with van der Waals surface area (Å²) in [4.78, 5) is 11.9. The summed E-state index contributed by atoms with van der Waals surface area (Å²) in [7, 11) is 0. The number of carbonyl (C=O) groups excluding carboxylic acids is 1. The smallest absolute Gasteiger partial charge is 0.255 e. The Morgan fingerprint density at radius 3 is 3.06 bits per heavy atom. The van der Waals surface area contributed by atoms with Crippen LogP contribution < -0.4 is 5.32 Å². The maximum atomic E-state index is 11.9. The molecule has 0 spiro atoms. The summed E-state index contributed by atoms with van der Waals surface area (Å²) >= 11 is 1.91. The van der Waals surface area contributed by atoms with Gasteiger partial charge in [-0.05, 0) is 43.2 Å². The number of nitrogens with one attached hydrogen (secondary N) is 1. The lowest BCUT2D eigenvalue weighted by atomic mass is 10.1. The number of aromatic hydroxyl groups is 1. The van der Waals surface area contributed by atoms with Crippen LogP contribution in [0.1, 0.15) is 28.8 Å². The first-order chi connectivity index (χ1) is 8.16. The number of phenols is 1. The van der Waals surface area contributed by atoms with Crippen LogP contribution in [0.2, 0.25) is 0 Å². The normalized spacial score (nSPS) is 19.2. The minimum Gasteiger partial charge on any atom is -0.507 e. The summed E-state index contributed by atoms with van der Waals surface area (Å²) in [5, 5.41) is 13.1. The van der Waals surface area contributed by atoms with Crippen LogP contribution in [0, 0.1) is 6.92 Å². The summed E-state index contributed by atoms with van der Waals surface area (Å²) < 4.78 is 0. The van der Waals surface area contributed by atoms with Crippen LogP contribution in [0.4, 0.5) is 0 Å². The summed E-state index contributed by atoms with van der Waals surface area (Å²) in [6.07, 6.45) is 2.41. The fourth-order valence-corrected chi connectivity index (χ4v) is 3.14. The number of carbonyl (C=O) groups is 1. The van der Waals surface area contributed by atoms with Crippen LogP contribution in [0.3, 0.4) is 0 Å². The van der Waals surface area contributed by atoms with Crippen molar-refractivity contribution in [1.82, 2.24) is 5.32 Å². The number of aryl methyl sites for hydroxylation is 1. The maximum Gasteiger partial charge on any atom is 0.255 e. The van der Waals surface area contributed by atoms with Crippen molar-refractivity contribution in [3.63, 3.8) is 0 Å². The third kappa shape index (κ3) is 3.16. The van der Waals surface area contributed by atoms with Crippen molar-refractivity contribution in [3.8, 4) is 5.75 Å². The summed E-state index contributed by atoms with van der Waals surface area (Å²) in [5.41, 5.74) is 1.31. The Morgan fingerprint density at radius 1 is 1.59 bits per heavy atom. The van der Waals surface area contributed by atoms with Crippen molar-refractivity contribution in [2.24, 2.45) is 0 Å². The molecule has 4 heteroatoms. The fourth-order valence-electron chi connectivity index (χ4n) is 1.94. The van der Waals surface area contributed by atoms with Gasteiger partial charge in [0.15, 0.2) is 0 Å². The predicted molar refractivity (Wildman–Crippen MR) is 70.7 cm³/mol. The number of thioether (sulfide) groups is 1. The minimum atomic E-state index is -0.185. The molecule has 1 fully saturated rings. The number of amides is 1. The van der Waals surface area contributed by atoms with Gasteiger partial charge in [-0.15, -0.1) is 0 Å². The van der Waals surface area contributed by atoms with E-state index < -0.39 is 0 Å². The van der Waals surface area contributed by atoms with Crippen LogP contribution >= 0.6 is 11.8 Å². The van der Waals surface area contributed by atoms with Gasteiger partial charge in [0.25, 0.3) is 5.91 Å². The van der Waals surface area contributed by atoms with E-state index in [9.17, 15) is 9.90 Å². The molecule has 0 aromatic heterocycles. The van der Waals surface area contributed by atoms with E-state index in [-0.39, 0.29) is 11.7 Å². The third-order valence-corrected chi connectivity index (χ3v) is 4.31. The zero-order valence-electron chi connectivity index (χ0n) is 9.90. The van der Waals surface area contributed by atoms with Gasteiger partial charge in [-0.25, -0.2) is 0 Å². The molecule has 2 N–H and O–H groups in total. The van der Waals surface area contributed by atoms with Gasteiger partial charge >= 0.3 is 0 Å². The second kappa shape index (κ2) is 5.45. The van der Waals surface area contributed by atoms with E-state index in [0.717, 1.165) is 5.56 Å². The van der Waals surface area contributed by atoms with E-state index in [1.807, 2.05) is 24.8 Å². The Kier molecular flexibility index (Phi) is 3.94. The summed E-state index contributed by atoms with van der Waals surface area (Å²) in [6.45, 7) is 2.58. The molecule has 0 radical (unpaired) electrons. The highest BCUT2D eigenvalue weighted by Gasteiger charge is 2.17. The molecule has 0 saturated carbocycles. The number of hydrogen-bond donors (Lipinski definition) is 2. The lowest BCUT2D eigenvalue weighted by molar-refractivity contribution is 0.0951. The molecule has 17 heavy (non-hydrogen) atoms. The monoisotopic (exact) mass is 251 g/mol. The van der Waals surface area contributed by atoms with Gasteiger partial charge in [0.1, 0.15) is 5.75 Å². The Morgan fingerprint density at radius 2 is 2.41 bits per heavy atom. The molecule has 0 aliphatic carbocycles. The average molecular weight is 251 g/mol. The van der Waals surface area contributed by atoms with Crippen molar-refractivity contribution in [2.75, 3.05) is 12.3 Å². The lowest BCUT2D eigenvalue weighted by Gasteiger charge is -2.11. The van der Waals surface area contributed by atoms with Gasteiger partial charge in [-0.2, -0.15) is 11.8 Å². The van der Waals surface area contributed by atoms with Crippen LogP contribution in [-0.4, -0.2) is 28.6 Å². The minimum absolute atomic E-state index is 0.0570. The zero-order valence-corrected chi connectivity index (χ0v) is 10.7. The molecule has 1 saturated heterocycles. The summed E-state index contributed by atoms with van der Waals surface area (Å²) in [5.74, 6) is 1.06. The van der Waals surface area contributed by atoms with Gasteiger partial charge in [-0.3, -0.25) is 4.79 Å². The molecule has 92 valence electrons. The van der Waals surface area contributed by atoms with Crippen LogP contribution in [0.15, 0.2) is 18.2 Å². The molecule has 2 rings (SSSR count). The maximum absolute atomic E-state index is 11.9. The topological polar surface area (TPSA) is 49.3 Å². The third-order valence-electron chi connectivity index (χ3n) is 2.91. The highest BCUT2D eigenvalue weighted by atomic mass is 32.2. The lowest BCUT2D eigenvalue weighted by Crippen LogP contribution is -2.29. The van der Waals surface area contributed by atoms with E-state index in [1.165, 1.54) is 18.6 Å². The van der Waals surface area contributed by atoms with Gasteiger partial charge in [-0.1, -0.05) is 6.07 Å². The molecule has 3 nitrogen and oxygen atoms in total. The standard InChI is InChI=1S/C13H17NO2S/c1-9-4-5-11(12(15)7-9)13(16)14-8-10-3-2-6-17-10/h4-5,7,10,15H,2-3,6,8H2,1H3,(H,14,16). The van der Waals surface area contributed by atoms with Crippen molar-refractivity contribution in [1.29, 1.82) is 0 Å². The van der Waals surface area contributed by atoms with E-state index in [1.54, 1.807) is 12.1 Å². The first-order valence-electron chi connectivity index (χ1n) is 5.86. The summed E-state index contributed by atoms with van der Waals surface area (Å²) in [6, 6.07) is 5.11. The first-order valence-corrected chi connectivity index (χ1v) is 6.91. The SMILES string of the molecule is Cc1ccc(C(=O)NCC2CCCS2)c(O)c1. The molecule has 0 bridgehead atoms. The Balaban J connectivity index is 1.94. The molecule has 1 aliphatic heterocycles. The van der Waals surface area contributed by atoms with Crippen molar-refractivity contribution < 1.29 is 9.90 Å². The molecule has 1 unspecified atom stereocenters. The Labute approximate surface area is 106 Å². The predicted octanol–water partition coefficient (Wildman–Crippen LogP) is 2.33. The van der Waals surface area contributed by atoms with Crippen molar-refractivity contribution in [2.45, 2.75) is 25.0 Å². The molecule has 1 aromatic rings. The molecule has 1 atom stereocenters. The van der Waals surface area contributed by atoms with Crippen molar-refractivity contribution >= 4 is 17.7 Å². The number of hydrogen-bond acceptors (Lipinski definition) is 3. The van der Waals surface area contributed by atoms with Gasteiger partial charge in [0.2, 0.25) is 0 Å². The fraction of sp³-hybridized carbons (Fsp3) is 0.462. The molecular weight excluding hydrogens is 234 g/mol. The zero-order chi connectivity index (χ0) is 12.3. The Bertz CT molecular complexity index is 414. The molecule has 1 aromatic carbocycles. The van der Waals surface area contributed by atoms with E-state index in [4.69, 9.17) is 0 Å². The highest BCUT2D eigenvalue weighted by Crippen LogP contribution is 2.25. The van der Waals surface area contributed by atoms with Gasteiger partial charge in [0.05, 0.1) is 5.56 Å². The van der Waals surface area contributed by atoms with Crippen LogP contribution in [0.5, 0.6) is 5.75 Å². The quantitative estimate of drug-likeness (QED) is 0.867. The highest BCUT2D eigenvalue weighted by molar-refractivity contribution is 8.00. The molecular formula is C13H17NO2S. The van der Waals surface area contributed by atoms with Crippen molar-refractivity contribution in [3.05, 3.63) is 29.3 Å². The van der Waals surface area contributed by atoms with E-state index >= 15 is 0 Å².